The fourth-order valence-electron chi connectivity index (χ4n) is 4.78. The Labute approximate surface area is 247 Å². The molecule has 1 saturated heterocycles. The van der Waals surface area contributed by atoms with Gasteiger partial charge >= 0.3 is 6.18 Å². The largest absolute Gasteiger partial charge is 0.406 e. The lowest BCUT2D eigenvalue weighted by molar-refractivity contribution is -0.141. The quantitative estimate of drug-likeness (QED) is 0.317. The molecule has 2 aromatic heterocycles. The zero-order valence-corrected chi connectivity index (χ0v) is 23.3. The molecular formula is C33H30F3N5O2. The molecule has 2 aromatic carbocycles. The summed E-state index contributed by atoms with van der Waals surface area (Å²) in [6, 6.07) is 20.9. The van der Waals surface area contributed by atoms with Gasteiger partial charge in [-0.3, -0.25) is 24.4 Å². The third-order valence-electron chi connectivity index (χ3n) is 7.04. The van der Waals surface area contributed by atoms with Crippen molar-refractivity contribution in [2.24, 2.45) is 0 Å². The number of pyridine rings is 2. The van der Waals surface area contributed by atoms with E-state index in [1.54, 1.807) is 30.5 Å². The minimum Gasteiger partial charge on any atom is -0.322 e. The summed E-state index contributed by atoms with van der Waals surface area (Å²) in [4.78, 5) is 33.5. The van der Waals surface area contributed by atoms with Gasteiger partial charge in [0, 0.05) is 86.3 Å². The molecule has 0 radical (unpaired) electrons. The third-order valence-corrected chi connectivity index (χ3v) is 7.04. The van der Waals surface area contributed by atoms with E-state index in [-0.39, 0.29) is 11.5 Å². The SMILES string of the molecule is O=C(Nc1ccc(C#Cc2ccc(=O)n(CC(F)(F)F)c2)cc1)c1ccc(CN2CCN(Cc3cccnc3)CC2)cc1. The van der Waals surface area contributed by atoms with E-state index in [0.717, 1.165) is 57.1 Å². The molecule has 7 nitrogen and oxygen atoms in total. The van der Waals surface area contributed by atoms with Crippen molar-refractivity contribution in [1.29, 1.82) is 0 Å². The first-order chi connectivity index (χ1) is 20.7. The van der Waals surface area contributed by atoms with Crippen LogP contribution in [0.25, 0.3) is 0 Å². The van der Waals surface area contributed by atoms with Gasteiger partial charge in [0.05, 0.1) is 0 Å². The Hall–Kier alpha value is -4.72. The van der Waals surface area contributed by atoms with Crippen LogP contribution in [0, 0.1) is 11.8 Å². The highest BCUT2D eigenvalue weighted by atomic mass is 19.4. The predicted octanol–water partition coefficient (Wildman–Crippen LogP) is 4.78. The van der Waals surface area contributed by atoms with Gasteiger partial charge in [-0.15, -0.1) is 0 Å². The molecule has 1 aliphatic rings. The highest BCUT2D eigenvalue weighted by Gasteiger charge is 2.28. The van der Waals surface area contributed by atoms with E-state index in [0.29, 0.717) is 21.4 Å². The minimum atomic E-state index is -4.50. The highest BCUT2D eigenvalue weighted by Crippen LogP contribution is 2.17. The van der Waals surface area contributed by atoms with Gasteiger partial charge in [-0.2, -0.15) is 13.2 Å². The monoisotopic (exact) mass is 585 g/mol. The maximum atomic E-state index is 12.8. The second-order valence-corrected chi connectivity index (χ2v) is 10.4. The number of amides is 1. The Morgan fingerprint density at radius 3 is 2.07 bits per heavy atom. The normalized spacial score (nSPS) is 14.1. The molecule has 0 saturated carbocycles. The van der Waals surface area contributed by atoms with Crippen molar-refractivity contribution in [3.63, 3.8) is 0 Å². The highest BCUT2D eigenvalue weighted by molar-refractivity contribution is 6.04. The van der Waals surface area contributed by atoms with Gasteiger partial charge in [0.2, 0.25) is 0 Å². The molecule has 10 heteroatoms. The number of halogens is 3. The number of aromatic nitrogens is 2. The summed E-state index contributed by atoms with van der Waals surface area (Å²) in [5, 5.41) is 2.87. The molecule has 4 aromatic rings. The molecule has 0 atom stereocenters. The van der Waals surface area contributed by atoms with Crippen molar-refractivity contribution < 1.29 is 18.0 Å². The molecule has 0 bridgehead atoms. The number of alkyl halides is 3. The van der Waals surface area contributed by atoms with Crippen molar-refractivity contribution in [3.05, 3.63) is 130 Å². The van der Waals surface area contributed by atoms with Crippen LogP contribution >= 0.6 is 0 Å². The van der Waals surface area contributed by atoms with E-state index >= 15 is 0 Å². The van der Waals surface area contributed by atoms with E-state index in [4.69, 9.17) is 0 Å². The van der Waals surface area contributed by atoms with Crippen LogP contribution in [0.5, 0.6) is 0 Å². The van der Waals surface area contributed by atoms with Crippen LogP contribution in [0.1, 0.15) is 32.6 Å². The first-order valence-corrected chi connectivity index (χ1v) is 13.8. The zero-order valence-electron chi connectivity index (χ0n) is 23.3. The van der Waals surface area contributed by atoms with Crippen LogP contribution in [0.15, 0.2) is 96.2 Å². The smallest absolute Gasteiger partial charge is 0.322 e. The van der Waals surface area contributed by atoms with E-state index in [1.807, 2.05) is 36.5 Å². The maximum absolute atomic E-state index is 12.8. The third kappa shape index (κ3) is 8.88. The topological polar surface area (TPSA) is 70.5 Å². The number of carbonyl (C=O) groups excluding carboxylic acids is 1. The molecule has 220 valence electrons. The molecule has 1 amide bonds. The fraction of sp³-hybridized carbons (Fsp3) is 0.242. The van der Waals surface area contributed by atoms with E-state index in [9.17, 15) is 22.8 Å². The summed E-state index contributed by atoms with van der Waals surface area (Å²) >= 11 is 0. The lowest BCUT2D eigenvalue weighted by Gasteiger charge is -2.34. The number of carbonyl (C=O) groups is 1. The number of nitrogens with one attached hydrogen (secondary N) is 1. The molecule has 5 rings (SSSR count). The van der Waals surface area contributed by atoms with Crippen LogP contribution in [0.4, 0.5) is 18.9 Å². The summed E-state index contributed by atoms with van der Waals surface area (Å²) in [5.41, 5.74) is 3.64. The Balaban J connectivity index is 1.11. The summed E-state index contributed by atoms with van der Waals surface area (Å²) in [6.07, 6.45) is 0.290. The van der Waals surface area contributed by atoms with E-state index in [2.05, 4.69) is 38.0 Å². The van der Waals surface area contributed by atoms with Crippen molar-refractivity contribution in [2.45, 2.75) is 25.8 Å². The molecule has 1 fully saturated rings. The zero-order chi connectivity index (χ0) is 30.2. The number of rotatable bonds is 7. The lowest BCUT2D eigenvalue weighted by atomic mass is 10.1. The first kappa shape index (κ1) is 29.8. The molecule has 3 heterocycles. The van der Waals surface area contributed by atoms with Crippen molar-refractivity contribution in [1.82, 2.24) is 19.4 Å². The second kappa shape index (κ2) is 13.5. The summed E-state index contributed by atoms with van der Waals surface area (Å²) in [6.45, 7) is 4.32. The molecule has 0 aliphatic carbocycles. The Bertz CT molecular complexity index is 1650. The second-order valence-electron chi connectivity index (χ2n) is 10.4. The van der Waals surface area contributed by atoms with Crippen molar-refractivity contribution in [2.75, 3.05) is 31.5 Å². The number of nitrogens with zero attached hydrogens (tertiary/aromatic N) is 4. The number of benzene rings is 2. The minimum absolute atomic E-state index is 0.235. The number of piperazine rings is 1. The van der Waals surface area contributed by atoms with Crippen molar-refractivity contribution >= 4 is 11.6 Å². The van der Waals surface area contributed by atoms with Crippen LogP contribution in [0.2, 0.25) is 0 Å². The van der Waals surface area contributed by atoms with Gasteiger partial charge in [-0.1, -0.05) is 30.0 Å². The Morgan fingerprint density at radius 1 is 0.814 bits per heavy atom. The van der Waals surface area contributed by atoms with Gasteiger partial charge in [0.25, 0.3) is 11.5 Å². The standard InChI is InChI=1S/C33H30F3N5O2/c34-33(35,36)24-41-23-27(9-14-31(41)42)4-3-25-7-12-30(13-8-25)38-32(43)29-10-5-26(6-11-29)21-39-16-18-40(19-17-39)22-28-2-1-15-37-20-28/h1-2,5-15,20,23H,16-19,21-22,24H2,(H,38,43). The van der Waals surface area contributed by atoms with Gasteiger partial charge in [0.1, 0.15) is 6.54 Å². The average Bonchev–Trinajstić information content (AvgIpc) is 2.99. The average molecular weight is 586 g/mol. The van der Waals surface area contributed by atoms with Crippen LogP contribution in [-0.4, -0.2) is 57.6 Å². The summed E-state index contributed by atoms with van der Waals surface area (Å²) in [7, 11) is 0. The van der Waals surface area contributed by atoms with E-state index < -0.39 is 18.3 Å². The Morgan fingerprint density at radius 2 is 1.44 bits per heavy atom. The summed E-state index contributed by atoms with van der Waals surface area (Å²) < 4.78 is 38.6. The first-order valence-electron chi connectivity index (χ1n) is 13.8. The summed E-state index contributed by atoms with van der Waals surface area (Å²) in [5.74, 6) is 5.41. The van der Waals surface area contributed by atoms with Crippen LogP contribution in [0.3, 0.4) is 0 Å². The lowest BCUT2D eigenvalue weighted by Crippen LogP contribution is -2.45. The molecular weight excluding hydrogens is 555 g/mol. The number of anilines is 1. The van der Waals surface area contributed by atoms with Crippen LogP contribution in [-0.2, 0) is 19.6 Å². The molecule has 0 unspecified atom stereocenters. The van der Waals surface area contributed by atoms with Gasteiger partial charge in [-0.05, 0) is 59.7 Å². The fourth-order valence-corrected chi connectivity index (χ4v) is 4.78. The van der Waals surface area contributed by atoms with E-state index in [1.165, 1.54) is 11.6 Å². The maximum Gasteiger partial charge on any atom is 0.406 e. The van der Waals surface area contributed by atoms with Crippen molar-refractivity contribution in [3.8, 4) is 11.8 Å². The molecule has 1 aliphatic heterocycles. The Kier molecular flexibility index (Phi) is 9.35. The molecule has 0 spiro atoms. The van der Waals surface area contributed by atoms with Gasteiger partial charge in [0.15, 0.2) is 0 Å². The molecule has 1 N–H and O–H groups in total. The van der Waals surface area contributed by atoms with Crippen LogP contribution < -0.4 is 10.9 Å². The van der Waals surface area contributed by atoms with Gasteiger partial charge < -0.3 is 9.88 Å². The molecule has 43 heavy (non-hydrogen) atoms. The predicted molar refractivity (Wildman–Crippen MR) is 158 cm³/mol. The van der Waals surface area contributed by atoms with Gasteiger partial charge in [-0.25, -0.2) is 0 Å². The number of hydrogen-bond donors (Lipinski definition) is 1. The number of hydrogen-bond acceptors (Lipinski definition) is 5.